The maximum atomic E-state index is 12.4. The van der Waals surface area contributed by atoms with Gasteiger partial charge in [-0.3, -0.25) is 4.79 Å². The van der Waals surface area contributed by atoms with Crippen LogP contribution in [0.2, 0.25) is 0 Å². The SMILES string of the molecule is Cc1nc(Nc2ccccn2)cc(N2CCN(C(=O)COc3ncccn3)CC2)n1. The first-order chi connectivity index (χ1) is 14.7. The van der Waals surface area contributed by atoms with Gasteiger partial charge in [-0.05, 0) is 25.1 Å². The average molecular weight is 406 g/mol. The van der Waals surface area contributed by atoms with E-state index in [1.807, 2.05) is 31.2 Å². The Morgan fingerprint density at radius 1 is 1.00 bits per heavy atom. The van der Waals surface area contributed by atoms with Crippen LogP contribution >= 0.6 is 0 Å². The molecule has 4 rings (SSSR count). The van der Waals surface area contributed by atoms with Gasteiger partial charge in [-0.1, -0.05) is 6.07 Å². The van der Waals surface area contributed by atoms with E-state index in [4.69, 9.17) is 4.74 Å². The second-order valence-corrected chi connectivity index (χ2v) is 6.69. The molecule has 1 N–H and O–H groups in total. The molecule has 0 unspecified atom stereocenters. The molecule has 10 nitrogen and oxygen atoms in total. The summed E-state index contributed by atoms with van der Waals surface area (Å²) in [5.41, 5.74) is 0. The van der Waals surface area contributed by atoms with Crippen LogP contribution in [-0.2, 0) is 4.79 Å². The quantitative estimate of drug-likeness (QED) is 0.650. The number of anilines is 3. The molecule has 30 heavy (non-hydrogen) atoms. The molecule has 3 aromatic heterocycles. The van der Waals surface area contributed by atoms with Gasteiger partial charge in [0, 0.05) is 50.8 Å². The zero-order chi connectivity index (χ0) is 20.8. The van der Waals surface area contributed by atoms with E-state index in [1.165, 1.54) is 0 Å². The van der Waals surface area contributed by atoms with E-state index in [2.05, 4.69) is 35.1 Å². The van der Waals surface area contributed by atoms with Crippen LogP contribution in [0.25, 0.3) is 0 Å². The second-order valence-electron chi connectivity index (χ2n) is 6.69. The predicted molar refractivity (Wildman–Crippen MR) is 111 cm³/mol. The monoisotopic (exact) mass is 406 g/mol. The number of carbonyl (C=O) groups excluding carboxylic acids is 1. The molecule has 1 aliphatic heterocycles. The molecule has 4 heterocycles. The first-order valence-corrected chi connectivity index (χ1v) is 9.64. The molecule has 0 aliphatic carbocycles. The number of ether oxygens (including phenoxy) is 1. The Balaban J connectivity index is 1.34. The van der Waals surface area contributed by atoms with E-state index in [1.54, 1.807) is 29.6 Å². The second kappa shape index (κ2) is 9.12. The van der Waals surface area contributed by atoms with Gasteiger partial charge in [-0.2, -0.15) is 0 Å². The third-order valence-electron chi connectivity index (χ3n) is 4.57. The molecule has 1 amide bonds. The normalized spacial score (nSPS) is 13.8. The van der Waals surface area contributed by atoms with Crippen LogP contribution in [0.5, 0.6) is 6.01 Å². The standard InChI is InChI=1S/C20H22N8O2/c1-15-24-17(26-16-5-2-3-6-21-16)13-18(25-15)27-9-11-28(12-10-27)19(29)14-30-20-22-7-4-8-23-20/h2-8,13H,9-12,14H2,1H3,(H,21,24,25,26). The summed E-state index contributed by atoms with van der Waals surface area (Å²) < 4.78 is 5.36. The fourth-order valence-electron chi connectivity index (χ4n) is 3.11. The number of pyridine rings is 1. The van der Waals surface area contributed by atoms with Crippen molar-refractivity contribution in [3.8, 4) is 6.01 Å². The van der Waals surface area contributed by atoms with Crippen molar-refractivity contribution in [3.05, 3.63) is 54.7 Å². The van der Waals surface area contributed by atoms with Gasteiger partial charge >= 0.3 is 6.01 Å². The number of aryl methyl sites for hydroxylation is 1. The van der Waals surface area contributed by atoms with Gasteiger partial charge in [-0.15, -0.1) is 0 Å². The number of nitrogens with zero attached hydrogens (tertiary/aromatic N) is 7. The third-order valence-corrected chi connectivity index (χ3v) is 4.57. The molecule has 1 aliphatic rings. The van der Waals surface area contributed by atoms with Gasteiger partial charge < -0.3 is 19.9 Å². The highest BCUT2D eigenvalue weighted by Crippen LogP contribution is 2.20. The van der Waals surface area contributed by atoms with Crippen molar-refractivity contribution in [2.24, 2.45) is 0 Å². The number of aromatic nitrogens is 5. The summed E-state index contributed by atoms with van der Waals surface area (Å²) in [5.74, 6) is 2.81. The van der Waals surface area contributed by atoms with Crippen molar-refractivity contribution in [2.45, 2.75) is 6.92 Å². The zero-order valence-corrected chi connectivity index (χ0v) is 16.6. The van der Waals surface area contributed by atoms with E-state index in [0.29, 0.717) is 37.8 Å². The van der Waals surface area contributed by atoms with E-state index >= 15 is 0 Å². The van der Waals surface area contributed by atoms with Gasteiger partial charge in [0.25, 0.3) is 5.91 Å². The number of nitrogens with one attached hydrogen (secondary N) is 1. The van der Waals surface area contributed by atoms with Crippen LogP contribution in [0.1, 0.15) is 5.82 Å². The van der Waals surface area contributed by atoms with Gasteiger partial charge in [0.15, 0.2) is 6.61 Å². The molecular formula is C20H22N8O2. The van der Waals surface area contributed by atoms with Crippen LogP contribution in [-0.4, -0.2) is 68.5 Å². The van der Waals surface area contributed by atoms with Crippen LogP contribution in [0.4, 0.5) is 17.5 Å². The maximum absolute atomic E-state index is 12.4. The Bertz CT molecular complexity index is 979. The highest BCUT2D eigenvalue weighted by atomic mass is 16.5. The molecular weight excluding hydrogens is 384 g/mol. The molecule has 0 radical (unpaired) electrons. The summed E-state index contributed by atoms with van der Waals surface area (Å²) >= 11 is 0. The first-order valence-electron chi connectivity index (χ1n) is 9.64. The summed E-state index contributed by atoms with van der Waals surface area (Å²) in [7, 11) is 0. The molecule has 1 saturated heterocycles. The predicted octanol–water partition coefficient (Wildman–Crippen LogP) is 1.44. The lowest BCUT2D eigenvalue weighted by Crippen LogP contribution is -2.50. The molecule has 0 saturated carbocycles. The summed E-state index contributed by atoms with van der Waals surface area (Å²) in [5, 5.41) is 3.20. The lowest BCUT2D eigenvalue weighted by Gasteiger charge is -2.35. The van der Waals surface area contributed by atoms with Crippen molar-refractivity contribution in [1.82, 2.24) is 29.8 Å². The van der Waals surface area contributed by atoms with E-state index in [9.17, 15) is 4.79 Å². The number of hydrogen-bond acceptors (Lipinski definition) is 9. The van der Waals surface area contributed by atoms with Gasteiger partial charge in [0.2, 0.25) is 0 Å². The number of hydrogen-bond donors (Lipinski definition) is 1. The molecule has 1 fully saturated rings. The molecule has 10 heteroatoms. The highest BCUT2D eigenvalue weighted by Gasteiger charge is 2.23. The fraction of sp³-hybridized carbons (Fsp3) is 0.300. The van der Waals surface area contributed by atoms with Crippen molar-refractivity contribution in [2.75, 3.05) is 43.0 Å². The van der Waals surface area contributed by atoms with Gasteiger partial charge in [-0.25, -0.2) is 24.9 Å². The largest absolute Gasteiger partial charge is 0.453 e. The molecule has 0 spiro atoms. The highest BCUT2D eigenvalue weighted by molar-refractivity contribution is 5.78. The topological polar surface area (TPSA) is 109 Å². The Hall–Kier alpha value is -3.82. The molecule has 0 atom stereocenters. The fourth-order valence-corrected chi connectivity index (χ4v) is 3.11. The summed E-state index contributed by atoms with van der Waals surface area (Å²) in [4.78, 5) is 37.5. The Morgan fingerprint density at radius 3 is 2.50 bits per heavy atom. The zero-order valence-electron chi connectivity index (χ0n) is 16.6. The Labute approximate surface area is 174 Å². The number of carbonyl (C=O) groups is 1. The summed E-state index contributed by atoms with van der Waals surface area (Å²) in [6.07, 6.45) is 4.87. The van der Waals surface area contributed by atoms with E-state index < -0.39 is 0 Å². The number of rotatable bonds is 6. The summed E-state index contributed by atoms with van der Waals surface area (Å²) in [6, 6.07) is 9.45. The van der Waals surface area contributed by atoms with Crippen LogP contribution in [0.3, 0.4) is 0 Å². The molecule has 0 bridgehead atoms. The van der Waals surface area contributed by atoms with Crippen LogP contribution in [0.15, 0.2) is 48.9 Å². The molecule has 154 valence electrons. The summed E-state index contributed by atoms with van der Waals surface area (Å²) in [6.45, 7) is 4.30. The van der Waals surface area contributed by atoms with Crippen molar-refractivity contribution < 1.29 is 9.53 Å². The van der Waals surface area contributed by atoms with Crippen LogP contribution < -0.4 is 15.0 Å². The minimum Gasteiger partial charge on any atom is -0.453 e. The van der Waals surface area contributed by atoms with E-state index in [-0.39, 0.29) is 18.5 Å². The van der Waals surface area contributed by atoms with Crippen LogP contribution in [0, 0.1) is 6.92 Å². The Kier molecular flexibility index (Phi) is 5.93. The van der Waals surface area contributed by atoms with E-state index in [0.717, 1.165) is 11.6 Å². The molecule has 3 aromatic rings. The minimum atomic E-state index is -0.0847. The first kappa shape index (κ1) is 19.5. The lowest BCUT2D eigenvalue weighted by atomic mass is 10.3. The maximum Gasteiger partial charge on any atom is 0.316 e. The number of piperazine rings is 1. The van der Waals surface area contributed by atoms with Gasteiger partial charge in [0.1, 0.15) is 23.3 Å². The molecule has 0 aromatic carbocycles. The van der Waals surface area contributed by atoms with Crippen molar-refractivity contribution in [3.63, 3.8) is 0 Å². The lowest BCUT2D eigenvalue weighted by molar-refractivity contribution is -0.133. The Morgan fingerprint density at radius 2 is 1.77 bits per heavy atom. The smallest absolute Gasteiger partial charge is 0.316 e. The number of amides is 1. The minimum absolute atomic E-state index is 0.0746. The third kappa shape index (κ3) is 4.96. The van der Waals surface area contributed by atoms with Gasteiger partial charge in [0.05, 0.1) is 0 Å². The average Bonchev–Trinajstić information content (AvgIpc) is 2.78. The van der Waals surface area contributed by atoms with Crippen molar-refractivity contribution >= 4 is 23.4 Å². The van der Waals surface area contributed by atoms with Crippen molar-refractivity contribution in [1.29, 1.82) is 0 Å².